The van der Waals surface area contributed by atoms with Gasteiger partial charge in [-0.05, 0) is 61.5 Å². The minimum absolute atomic E-state index is 0.0893. The van der Waals surface area contributed by atoms with Crippen molar-refractivity contribution in [3.05, 3.63) is 47.3 Å². The van der Waals surface area contributed by atoms with Crippen LogP contribution in [0.5, 0.6) is 5.75 Å². The lowest BCUT2D eigenvalue weighted by atomic mass is 9.97. The number of hydrogen-bond acceptors (Lipinski definition) is 6. The van der Waals surface area contributed by atoms with E-state index in [1.165, 1.54) is 0 Å². The van der Waals surface area contributed by atoms with E-state index in [1.54, 1.807) is 18.3 Å². The lowest BCUT2D eigenvalue weighted by molar-refractivity contribution is -0.114. The number of carbonyl (C=O) groups excluding carboxylic acids is 2. The maximum atomic E-state index is 12.3. The monoisotopic (exact) mass is 431 g/mol. The van der Waals surface area contributed by atoms with Crippen molar-refractivity contribution < 1.29 is 14.3 Å². The number of ether oxygens (including phenoxy) is 1. The number of nitrogens with one attached hydrogen (secondary N) is 1. The highest BCUT2D eigenvalue weighted by molar-refractivity contribution is 6.17. The van der Waals surface area contributed by atoms with Crippen molar-refractivity contribution in [1.82, 2.24) is 15.2 Å². The molecular formula is C24H25N5O3. The molecule has 3 fully saturated rings. The van der Waals surface area contributed by atoms with Gasteiger partial charge in [0.15, 0.2) is 0 Å². The van der Waals surface area contributed by atoms with Gasteiger partial charge in [-0.25, -0.2) is 9.98 Å². The molecule has 2 amide bonds. The summed E-state index contributed by atoms with van der Waals surface area (Å²) in [5, 5.41) is 2.93. The first-order chi connectivity index (χ1) is 15.6. The molecule has 1 saturated heterocycles. The summed E-state index contributed by atoms with van der Waals surface area (Å²) in [5.74, 6) is 0.862. The summed E-state index contributed by atoms with van der Waals surface area (Å²) in [7, 11) is 0. The van der Waals surface area contributed by atoms with Crippen LogP contribution in [0.15, 0.2) is 51.6 Å². The molecule has 4 heterocycles. The molecule has 1 atom stereocenters. The van der Waals surface area contributed by atoms with E-state index in [2.05, 4.69) is 25.2 Å². The Morgan fingerprint density at radius 1 is 1.19 bits per heavy atom. The quantitative estimate of drug-likeness (QED) is 0.709. The second-order valence-electron chi connectivity index (χ2n) is 9.24. The first-order valence-corrected chi connectivity index (χ1v) is 11.3. The average molecular weight is 431 g/mol. The second-order valence-corrected chi connectivity index (χ2v) is 9.24. The molecule has 6 rings (SSSR count). The highest BCUT2D eigenvalue weighted by Gasteiger charge is 2.35. The zero-order valence-corrected chi connectivity index (χ0v) is 17.7. The molecule has 32 heavy (non-hydrogen) atoms. The maximum Gasteiger partial charge on any atom is 0.273 e. The van der Waals surface area contributed by atoms with Crippen molar-refractivity contribution in [1.29, 1.82) is 0 Å². The summed E-state index contributed by atoms with van der Waals surface area (Å²) in [4.78, 5) is 39.7. The van der Waals surface area contributed by atoms with Crippen molar-refractivity contribution in [2.45, 2.75) is 43.9 Å². The van der Waals surface area contributed by atoms with Gasteiger partial charge in [-0.2, -0.15) is 0 Å². The summed E-state index contributed by atoms with van der Waals surface area (Å²) in [6, 6.07) is 3.72. The zero-order valence-electron chi connectivity index (χ0n) is 17.7. The smallest absolute Gasteiger partial charge is 0.273 e. The summed E-state index contributed by atoms with van der Waals surface area (Å²) < 4.78 is 5.97. The largest absolute Gasteiger partial charge is 0.486 e. The first kappa shape index (κ1) is 19.5. The predicted octanol–water partition coefficient (Wildman–Crippen LogP) is 1.73. The molecular weight excluding hydrogens is 406 g/mol. The van der Waals surface area contributed by atoms with E-state index in [1.807, 2.05) is 18.4 Å². The zero-order chi connectivity index (χ0) is 21.7. The number of aliphatic imine (C=N–C) groups is 2. The van der Waals surface area contributed by atoms with E-state index < -0.39 is 0 Å². The van der Waals surface area contributed by atoms with Crippen LogP contribution >= 0.6 is 0 Å². The standard InChI is InChI=1S/C24H25N5O3/c30-23-19(15-1-2-15)8-21-22(28-23)7-14(9-25-21)11-29-12-18(13-29)32-17-5-6-20(26-10-17)24(31)27-16-3-4-16/h5-10,15-16,18,21H,1-4,11-13H2,(H,27,31). The van der Waals surface area contributed by atoms with E-state index in [4.69, 9.17) is 4.74 Å². The Kier molecular flexibility index (Phi) is 4.75. The third-order valence-electron chi connectivity index (χ3n) is 6.38. The highest BCUT2D eigenvalue weighted by Crippen LogP contribution is 2.39. The number of fused-ring (bicyclic) bond motifs is 1. The molecule has 2 saturated carbocycles. The van der Waals surface area contributed by atoms with E-state index >= 15 is 0 Å². The SMILES string of the molecule is O=C1N=C2C=C(CN3CC(Oc4ccc(C(=O)NC5CC5)nc4)C3)C=NC2C=C1C1CC1. The van der Waals surface area contributed by atoms with Crippen molar-refractivity contribution in [3.63, 3.8) is 0 Å². The van der Waals surface area contributed by atoms with Gasteiger partial charge in [0.25, 0.3) is 11.8 Å². The van der Waals surface area contributed by atoms with Gasteiger partial charge in [0.2, 0.25) is 0 Å². The van der Waals surface area contributed by atoms with Gasteiger partial charge >= 0.3 is 0 Å². The van der Waals surface area contributed by atoms with Crippen LogP contribution in [0.2, 0.25) is 0 Å². The van der Waals surface area contributed by atoms with Crippen LogP contribution in [0, 0.1) is 5.92 Å². The van der Waals surface area contributed by atoms with Gasteiger partial charge in [0.1, 0.15) is 23.6 Å². The van der Waals surface area contributed by atoms with Crippen molar-refractivity contribution >= 4 is 23.7 Å². The van der Waals surface area contributed by atoms with Crippen molar-refractivity contribution in [2.75, 3.05) is 19.6 Å². The fourth-order valence-corrected chi connectivity index (χ4v) is 4.25. The lowest BCUT2D eigenvalue weighted by Crippen LogP contribution is -2.54. The van der Waals surface area contributed by atoms with Gasteiger partial charge in [-0.1, -0.05) is 0 Å². The molecule has 1 N–H and O–H groups in total. The number of aromatic nitrogens is 1. The van der Waals surface area contributed by atoms with E-state index in [9.17, 15) is 9.59 Å². The van der Waals surface area contributed by atoms with Crippen LogP contribution in [0.3, 0.4) is 0 Å². The summed E-state index contributed by atoms with van der Waals surface area (Å²) in [6.07, 6.45) is 11.9. The normalized spacial score (nSPS) is 25.3. The Morgan fingerprint density at radius 3 is 2.75 bits per heavy atom. The molecule has 2 aliphatic carbocycles. The average Bonchev–Trinajstić information content (AvgIpc) is 3.67. The van der Waals surface area contributed by atoms with Gasteiger partial charge in [0, 0.05) is 37.5 Å². The Hall–Kier alpha value is -3.13. The Labute approximate surface area is 186 Å². The number of hydrogen-bond donors (Lipinski definition) is 1. The third-order valence-corrected chi connectivity index (χ3v) is 6.38. The summed E-state index contributed by atoms with van der Waals surface area (Å²) >= 11 is 0. The molecule has 164 valence electrons. The number of pyridine rings is 1. The van der Waals surface area contributed by atoms with Crippen LogP contribution in [-0.4, -0.2) is 71.4 Å². The number of carbonyl (C=O) groups is 2. The Bertz CT molecular complexity index is 1070. The second kappa shape index (κ2) is 7.78. The number of dihydropyridines is 2. The third kappa shape index (κ3) is 4.14. The van der Waals surface area contributed by atoms with Gasteiger partial charge in [-0.3, -0.25) is 19.5 Å². The number of amides is 2. The lowest BCUT2D eigenvalue weighted by Gasteiger charge is -2.39. The summed E-state index contributed by atoms with van der Waals surface area (Å²) in [6.45, 7) is 2.35. The fourth-order valence-electron chi connectivity index (χ4n) is 4.25. The minimum Gasteiger partial charge on any atom is -0.486 e. The molecule has 1 aromatic rings. The Morgan fingerprint density at radius 2 is 2.03 bits per heavy atom. The molecule has 5 aliphatic rings. The highest BCUT2D eigenvalue weighted by atomic mass is 16.5. The fraction of sp³-hybridized carbons (Fsp3) is 0.458. The number of likely N-dealkylation sites (tertiary alicyclic amines) is 1. The molecule has 8 heteroatoms. The number of nitrogens with zero attached hydrogens (tertiary/aromatic N) is 4. The first-order valence-electron chi connectivity index (χ1n) is 11.3. The molecule has 8 nitrogen and oxygen atoms in total. The molecule has 0 spiro atoms. The summed E-state index contributed by atoms with van der Waals surface area (Å²) in [5.41, 5.74) is 3.08. The Balaban J connectivity index is 0.989. The number of rotatable bonds is 7. The molecule has 1 unspecified atom stereocenters. The predicted molar refractivity (Wildman–Crippen MR) is 119 cm³/mol. The van der Waals surface area contributed by atoms with Crippen molar-refractivity contribution in [3.8, 4) is 5.75 Å². The van der Waals surface area contributed by atoms with Gasteiger partial charge in [0.05, 0.1) is 11.9 Å². The van der Waals surface area contributed by atoms with Crippen LogP contribution in [0.1, 0.15) is 36.2 Å². The molecule has 0 aromatic carbocycles. The van der Waals surface area contributed by atoms with E-state index in [-0.39, 0.29) is 24.0 Å². The van der Waals surface area contributed by atoms with Crippen LogP contribution in [-0.2, 0) is 4.79 Å². The van der Waals surface area contributed by atoms with E-state index in [0.717, 1.165) is 62.2 Å². The molecule has 1 aromatic heterocycles. The molecule has 0 radical (unpaired) electrons. The van der Waals surface area contributed by atoms with Crippen LogP contribution in [0.4, 0.5) is 0 Å². The maximum absolute atomic E-state index is 12.3. The topological polar surface area (TPSA) is 96.2 Å². The van der Waals surface area contributed by atoms with Crippen LogP contribution < -0.4 is 10.1 Å². The van der Waals surface area contributed by atoms with Crippen molar-refractivity contribution in [2.24, 2.45) is 15.9 Å². The molecule has 3 aliphatic heterocycles. The van der Waals surface area contributed by atoms with Gasteiger partial charge < -0.3 is 10.1 Å². The van der Waals surface area contributed by atoms with Crippen LogP contribution in [0.25, 0.3) is 0 Å². The minimum atomic E-state index is -0.123. The van der Waals surface area contributed by atoms with E-state index in [0.29, 0.717) is 23.4 Å². The van der Waals surface area contributed by atoms with Gasteiger partial charge in [-0.15, -0.1) is 0 Å². The molecule has 0 bridgehead atoms.